The third-order valence-electron chi connectivity index (χ3n) is 7.89. The van der Waals surface area contributed by atoms with Crippen molar-refractivity contribution in [3.8, 4) is 5.75 Å². The highest BCUT2D eigenvalue weighted by atomic mass is 35.5. The van der Waals surface area contributed by atoms with Crippen LogP contribution in [0, 0.1) is 0 Å². The standard InChI is InChI=1S/C32H25Cl2F3N4O4/c1-17-9-10-27-22(11-17)28(38-44)30(42)40(27)15-18-12-19(32(35,36)37)14-20(13-18)45-39-29-21-5-2-3-8-26(21)41(31(29)43)16-23-24(33)6-4-7-25(23)34/h2-8,11-14,30,42,44H,9-10,15-16H2,1H3/b38-28-,39-29-. The van der Waals surface area contributed by atoms with Crippen LogP contribution in [0.3, 0.4) is 0 Å². The molecule has 1 amide bonds. The summed E-state index contributed by atoms with van der Waals surface area (Å²) in [6.45, 7) is 1.80. The van der Waals surface area contributed by atoms with Crippen molar-refractivity contribution in [2.75, 3.05) is 4.90 Å². The van der Waals surface area contributed by atoms with Crippen molar-refractivity contribution in [1.29, 1.82) is 0 Å². The molecule has 0 spiro atoms. The predicted molar refractivity (Wildman–Crippen MR) is 163 cm³/mol. The van der Waals surface area contributed by atoms with E-state index in [2.05, 4.69) is 10.3 Å². The SMILES string of the molecule is CC1=CC2=C(CC1)N(Cc1cc(O/N=C3\C(=O)N(Cc4c(Cl)cccc4Cl)c4ccccc43)cc(C(F)(F)F)c1)C(O)/C2=N\O. The molecule has 3 aromatic rings. The van der Waals surface area contributed by atoms with E-state index in [0.717, 1.165) is 17.7 Å². The van der Waals surface area contributed by atoms with Crippen molar-refractivity contribution < 1.29 is 33.1 Å². The van der Waals surface area contributed by atoms with E-state index in [9.17, 15) is 28.3 Å². The Morgan fingerprint density at radius 3 is 2.47 bits per heavy atom. The normalized spacial score (nSPS) is 19.8. The number of halogens is 5. The van der Waals surface area contributed by atoms with Crippen LogP contribution in [0.5, 0.6) is 5.75 Å². The monoisotopic (exact) mass is 656 g/mol. The summed E-state index contributed by atoms with van der Waals surface area (Å²) in [4.78, 5) is 22.0. The number of oxime groups is 2. The summed E-state index contributed by atoms with van der Waals surface area (Å²) in [6, 6.07) is 14.9. The van der Waals surface area contributed by atoms with Gasteiger partial charge in [-0.15, -0.1) is 0 Å². The Kier molecular flexibility index (Phi) is 8.11. The molecular formula is C32H25Cl2F3N4O4. The van der Waals surface area contributed by atoms with E-state index < -0.39 is 23.9 Å². The number of para-hydroxylation sites is 1. The summed E-state index contributed by atoms with van der Waals surface area (Å²) < 4.78 is 42.0. The minimum Gasteiger partial charge on any atom is -0.410 e. The Morgan fingerprint density at radius 1 is 1.02 bits per heavy atom. The lowest BCUT2D eigenvalue weighted by Crippen LogP contribution is -2.34. The Hall–Kier alpha value is -4.32. The third kappa shape index (κ3) is 5.79. The molecule has 13 heteroatoms. The van der Waals surface area contributed by atoms with Gasteiger partial charge in [0.25, 0.3) is 5.91 Å². The number of benzene rings is 3. The van der Waals surface area contributed by atoms with Crippen molar-refractivity contribution in [3.05, 3.63) is 116 Å². The van der Waals surface area contributed by atoms with E-state index in [0.29, 0.717) is 51.0 Å². The summed E-state index contributed by atoms with van der Waals surface area (Å²) in [5.41, 5.74) is 2.77. The topological polar surface area (TPSA) is 98.0 Å². The molecule has 3 aromatic carbocycles. The number of alkyl halides is 3. The third-order valence-corrected chi connectivity index (χ3v) is 8.60. The summed E-state index contributed by atoms with van der Waals surface area (Å²) in [5.74, 6) is -0.806. The number of aliphatic hydroxyl groups excluding tert-OH is 1. The second kappa shape index (κ2) is 11.9. The first kappa shape index (κ1) is 30.7. The van der Waals surface area contributed by atoms with Crippen LogP contribution in [0.1, 0.15) is 42.0 Å². The minimum absolute atomic E-state index is 0.0277. The fourth-order valence-corrected chi connectivity index (χ4v) is 6.22. The van der Waals surface area contributed by atoms with Crippen LogP contribution in [0.4, 0.5) is 18.9 Å². The number of hydrogen-bond donors (Lipinski definition) is 2. The van der Waals surface area contributed by atoms with Gasteiger partial charge < -0.3 is 25.0 Å². The second-order valence-corrected chi connectivity index (χ2v) is 11.7. The number of carbonyl (C=O) groups excluding carboxylic acids is 1. The molecule has 1 aliphatic carbocycles. The first-order valence-corrected chi connectivity index (χ1v) is 14.6. The van der Waals surface area contributed by atoms with E-state index in [1.807, 2.05) is 6.92 Å². The first-order valence-electron chi connectivity index (χ1n) is 13.8. The molecule has 2 aliphatic heterocycles. The second-order valence-electron chi connectivity index (χ2n) is 10.8. The zero-order valence-corrected chi connectivity index (χ0v) is 25.2. The van der Waals surface area contributed by atoms with Crippen LogP contribution in [-0.4, -0.2) is 38.8 Å². The Labute approximate surface area is 265 Å². The molecule has 232 valence electrons. The average Bonchev–Trinajstić information content (AvgIpc) is 3.41. The fourth-order valence-electron chi connectivity index (χ4n) is 5.71. The van der Waals surface area contributed by atoms with Crippen molar-refractivity contribution in [2.24, 2.45) is 10.3 Å². The molecule has 6 rings (SSSR count). The number of rotatable bonds is 6. The van der Waals surface area contributed by atoms with E-state index in [-0.39, 0.29) is 35.8 Å². The van der Waals surface area contributed by atoms with Crippen LogP contribution < -0.4 is 9.74 Å². The maximum absolute atomic E-state index is 14.0. The summed E-state index contributed by atoms with van der Waals surface area (Å²) in [7, 11) is 0. The molecule has 0 fully saturated rings. The zero-order valence-electron chi connectivity index (χ0n) is 23.6. The predicted octanol–water partition coefficient (Wildman–Crippen LogP) is 7.30. The summed E-state index contributed by atoms with van der Waals surface area (Å²) >= 11 is 12.7. The Morgan fingerprint density at radius 2 is 1.76 bits per heavy atom. The molecule has 2 N–H and O–H groups in total. The van der Waals surface area contributed by atoms with Gasteiger partial charge in [-0.25, -0.2) is 0 Å². The minimum atomic E-state index is -4.72. The maximum atomic E-state index is 14.0. The number of allylic oxidation sites excluding steroid dienone is 3. The van der Waals surface area contributed by atoms with Gasteiger partial charge in [-0.1, -0.05) is 69.4 Å². The van der Waals surface area contributed by atoms with Gasteiger partial charge in [-0.05, 0) is 61.7 Å². The van der Waals surface area contributed by atoms with Crippen molar-refractivity contribution in [1.82, 2.24) is 4.90 Å². The number of aliphatic hydroxyl groups is 1. The number of nitrogens with zero attached hydrogens (tertiary/aromatic N) is 4. The quantitative estimate of drug-likeness (QED) is 0.214. The molecule has 0 saturated carbocycles. The first-order chi connectivity index (χ1) is 21.5. The van der Waals surface area contributed by atoms with Gasteiger partial charge >= 0.3 is 6.18 Å². The van der Waals surface area contributed by atoms with Crippen LogP contribution in [0.15, 0.2) is 93.9 Å². The van der Waals surface area contributed by atoms with E-state index >= 15 is 0 Å². The van der Waals surface area contributed by atoms with Gasteiger partial charge in [0.2, 0.25) is 0 Å². The lowest BCUT2D eigenvalue weighted by molar-refractivity contribution is -0.137. The number of amides is 1. The molecule has 2 heterocycles. The van der Waals surface area contributed by atoms with Gasteiger partial charge in [-0.2, -0.15) is 13.2 Å². The summed E-state index contributed by atoms with van der Waals surface area (Å²) in [6.07, 6.45) is -3.08. The largest absolute Gasteiger partial charge is 0.416 e. The molecule has 0 radical (unpaired) electrons. The van der Waals surface area contributed by atoms with E-state index in [1.54, 1.807) is 48.5 Å². The molecule has 8 nitrogen and oxygen atoms in total. The highest BCUT2D eigenvalue weighted by molar-refractivity contribution is 6.54. The molecule has 1 atom stereocenters. The van der Waals surface area contributed by atoms with Crippen molar-refractivity contribution in [2.45, 2.75) is 45.3 Å². The highest BCUT2D eigenvalue weighted by Gasteiger charge is 2.39. The van der Waals surface area contributed by atoms with Gasteiger partial charge in [0.15, 0.2) is 17.7 Å². The zero-order chi connectivity index (χ0) is 32.0. The van der Waals surface area contributed by atoms with Gasteiger partial charge in [0, 0.05) is 39.0 Å². The smallest absolute Gasteiger partial charge is 0.410 e. The van der Waals surface area contributed by atoms with Crippen LogP contribution in [0.2, 0.25) is 10.0 Å². The molecule has 0 saturated heterocycles. The Bertz CT molecular complexity index is 1820. The van der Waals surface area contributed by atoms with Crippen LogP contribution in [0.25, 0.3) is 0 Å². The molecule has 0 aromatic heterocycles. The number of hydrogen-bond acceptors (Lipinski definition) is 7. The maximum Gasteiger partial charge on any atom is 0.416 e. The summed E-state index contributed by atoms with van der Waals surface area (Å²) in [5, 5.41) is 28.4. The molecular weight excluding hydrogens is 632 g/mol. The molecule has 45 heavy (non-hydrogen) atoms. The molecule has 3 aliphatic rings. The molecule has 0 bridgehead atoms. The lowest BCUT2D eigenvalue weighted by atomic mass is 9.97. The highest BCUT2D eigenvalue weighted by Crippen LogP contribution is 2.39. The Balaban J connectivity index is 1.32. The number of anilines is 1. The van der Waals surface area contributed by atoms with Crippen molar-refractivity contribution >= 4 is 46.2 Å². The van der Waals surface area contributed by atoms with Gasteiger partial charge in [-0.3, -0.25) is 4.79 Å². The van der Waals surface area contributed by atoms with Crippen molar-refractivity contribution in [3.63, 3.8) is 0 Å². The van der Waals surface area contributed by atoms with Crippen LogP contribution >= 0.6 is 23.2 Å². The number of fused-ring (bicyclic) bond motifs is 1. The lowest BCUT2D eigenvalue weighted by Gasteiger charge is -2.27. The van der Waals surface area contributed by atoms with E-state index in [1.165, 1.54) is 15.9 Å². The fraction of sp³-hybridized carbons (Fsp3) is 0.219. The number of carbonyl (C=O) groups is 1. The van der Waals surface area contributed by atoms with Gasteiger partial charge in [0.05, 0.1) is 17.8 Å². The average molecular weight is 657 g/mol. The van der Waals surface area contributed by atoms with E-state index in [4.69, 9.17) is 28.0 Å². The van der Waals surface area contributed by atoms with Crippen LogP contribution in [-0.2, 0) is 24.1 Å². The van der Waals surface area contributed by atoms with Gasteiger partial charge in [0.1, 0.15) is 5.71 Å². The molecule has 1 unspecified atom stereocenters.